The maximum absolute atomic E-state index is 11.2. The van der Waals surface area contributed by atoms with E-state index in [1.807, 2.05) is 26.0 Å². The van der Waals surface area contributed by atoms with Crippen LogP contribution in [0.25, 0.3) is 0 Å². The Kier molecular flexibility index (Phi) is 5.60. The molecule has 0 bridgehead atoms. The third kappa shape index (κ3) is 3.31. The van der Waals surface area contributed by atoms with Crippen molar-refractivity contribution in [3.05, 3.63) is 74.3 Å². The van der Waals surface area contributed by atoms with E-state index in [-0.39, 0.29) is 44.5 Å². The van der Waals surface area contributed by atoms with E-state index in [9.17, 15) is 15.2 Å². The molecule has 1 radical (unpaired) electrons. The summed E-state index contributed by atoms with van der Waals surface area (Å²) in [6, 6.07) is 11.5. The molecule has 1 heterocycles. The van der Waals surface area contributed by atoms with Crippen molar-refractivity contribution < 1.29 is 47.5 Å². The van der Waals surface area contributed by atoms with Crippen molar-refractivity contribution in [2.45, 2.75) is 39.1 Å². The normalized spacial score (nSPS) is 22.4. The Hall–Kier alpha value is -1.14. The first-order valence-electron chi connectivity index (χ1n) is 7.48. The van der Waals surface area contributed by atoms with Crippen molar-refractivity contribution in [2.75, 3.05) is 0 Å². The number of aliphatic hydroxyl groups is 1. The molecule has 0 aromatic heterocycles. The summed E-state index contributed by atoms with van der Waals surface area (Å²) in [6.45, 7) is 5.45. The second-order valence-electron chi connectivity index (χ2n) is 6.09. The van der Waals surface area contributed by atoms with Gasteiger partial charge in [-0.05, 0) is 32.4 Å². The molecule has 24 heavy (non-hydrogen) atoms. The van der Waals surface area contributed by atoms with Gasteiger partial charge in [-0.2, -0.15) is 23.8 Å². The van der Waals surface area contributed by atoms with Gasteiger partial charge in [-0.3, -0.25) is 10.1 Å². The van der Waals surface area contributed by atoms with Gasteiger partial charge in [-0.15, -0.1) is 5.56 Å². The van der Waals surface area contributed by atoms with Crippen LogP contribution in [0.2, 0.25) is 0 Å². The molecule has 2 atom stereocenters. The molecule has 0 saturated carbocycles. The molecule has 0 saturated heterocycles. The minimum absolute atomic E-state index is 0. The number of hydrogen-bond donors (Lipinski definition) is 1. The van der Waals surface area contributed by atoms with Gasteiger partial charge in [0.15, 0.2) is 5.79 Å². The van der Waals surface area contributed by atoms with Gasteiger partial charge < -0.3 is 9.84 Å². The smallest absolute Gasteiger partial charge is 0.272 e. The van der Waals surface area contributed by atoms with Crippen LogP contribution in [0.15, 0.2) is 30.3 Å². The Labute approximate surface area is 166 Å². The molecule has 1 aliphatic heterocycles. The summed E-state index contributed by atoms with van der Waals surface area (Å²) in [5.41, 5.74) is 3.58. The van der Waals surface area contributed by atoms with E-state index in [4.69, 9.17) is 4.74 Å². The molecule has 1 N–H and O–H groups in total. The summed E-state index contributed by atoms with van der Waals surface area (Å²) >= 11 is 0. The molecule has 0 amide bonds. The third-order valence-corrected chi connectivity index (χ3v) is 4.21. The van der Waals surface area contributed by atoms with Crippen LogP contribution in [-0.4, -0.2) is 16.1 Å². The Morgan fingerprint density at radius 1 is 1.38 bits per heavy atom. The van der Waals surface area contributed by atoms with E-state index in [1.54, 1.807) is 19.1 Å². The molecule has 3 rings (SSSR count). The molecule has 0 spiro atoms. The average Bonchev–Trinajstić information content (AvgIpc) is 2.47. The van der Waals surface area contributed by atoms with Crippen LogP contribution in [0.1, 0.15) is 34.7 Å². The first-order valence-corrected chi connectivity index (χ1v) is 7.48. The first kappa shape index (κ1) is 19.2. The van der Waals surface area contributed by atoms with Crippen LogP contribution in [0, 0.1) is 30.0 Å². The topological polar surface area (TPSA) is 72.6 Å². The van der Waals surface area contributed by atoms with Crippen molar-refractivity contribution in [3.63, 3.8) is 0 Å². The molecule has 2 aromatic carbocycles. The van der Waals surface area contributed by atoms with Crippen molar-refractivity contribution >= 4 is 5.69 Å². The van der Waals surface area contributed by atoms with E-state index in [2.05, 4.69) is 6.07 Å². The van der Waals surface area contributed by atoms with Crippen molar-refractivity contribution in [1.82, 2.24) is 0 Å². The fourth-order valence-corrected chi connectivity index (χ4v) is 3.11. The maximum Gasteiger partial charge on any atom is 0.272 e. The van der Waals surface area contributed by atoms with Gasteiger partial charge in [0.25, 0.3) is 5.69 Å². The van der Waals surface area contributed by atoms with Gasteiger partial charge in [0.05, 0.1) is 11.0 Å². The fraction of sp³-hybridized carbons (Fsp3) is 0.333. The SMILES string of the molecule is Cc1[c-]cc2c(c1)C(O)(c1ccc([N+](=O)[O-])c(C)c1)OC(C)C2.[Y]. The number of nitro groups is 1. The van der Waals surface area contributed by atoms with Crippen LogP contribution < -0.4 is 0 Å². The van der Waals surface area contributed by atoms with Gasteiger partial charge in [-0.1, -0.05) is 12.5 Å². The minimum Gasteiger partial charge on any atom is -0.360 e. The van der Waals surface area contributed by atoms with E-state index >= 15 is 0 Å². The standard InChI is InChI=1S/C18H18NO4.Y/c1-11-4-5-14-10-13(3)23-18(20,16(14)8-11)15-6-7-17(19(21)22)12(2)9-15;/h5-9,13,20H,10H2,1-3H3;/q-1;. The number of hydrogen-bond acceptors (Lipinski definition) is 4. The van der Waals surface area contributed by atoms with Crippen molar-refractivity contribution in [1.29, 1.82) is 0 Å². The quantitative estimate of drug-likeness (QED) is 0.477. The van der Waals surface area contributed by atoms with Crippen molar-refractivity contribution in [2.24, 2.45) is 0 Å². The molecular formula is C18H18NO4Y-. The molecule has 6 heteroatoms. The van der Waals surface area contributed by atoms with Gasteiger partial charge in [0.1, 0.15) is 0 Å². The van der Waals surface area contributed by atoms with E-state index in [1.165, 1.54) is 6.07 Å². The molecule has 5 nitrogen and oxygen atoms in total. The Balaban J connectivity index is 0.00000208. The molecule has 2 unspecified atom stereocenters. The van der Waals surface area contributed by atoms with Crippen LogP contribution in [0.5, 0.6) is 0 Å². The summed E-state index contributed by atoms with van der Waals surface area (Å²) in [4.78, 5) is 10.6. The number of ether oxygens (including phenoxy) is 1. The van der Waals surface area contributed by atoms with Crippen LogP contribution >= 0.6 is 0 Å². The van der Waals surface area contributed by atoms with Crippen molar-refractivity contribution in [3.8, 4) is 0 Å². The number of aryl methyl sites for hydroxylation is 2. The Morgan fingerprint density at radius 3 is 2.71 bits per heavy atom. The zero-order valence-electron chi connectivity index (χ0n) is 13.9. The second-order valence-corrected chi connectivity index (χ2v) is 6.09. The molecule has 0 fully saturated rings. The third-order valence-electron chi connectivity index (χ3n) is 4.21. The van der Waals surface area contributed by atoms with Gasteiger partial charge in [-0.25, -0.2) is 0 Å². The number of nitrogens with zero attached hydrogens (tertiary/aromatic N) is 1. The number of rotatable bonds is 2. The molecule has 1 aliphatic rings. The first-order chi connectivity index (χ1) is 10.8. The maximum atomic E-state index is 11.2. The number of nitro benzene ring substituents is 1. The Morgan fingerprint density at radius 2 is 2.08 bits per heavy atom. The predicted molar refractivity (Wildman–Crippen MR) is 85.1 cm³/mol. The minimum atomic E-state index is -1.60. The largest absolute Gasteiger partial charge is 0.360 e. The summed E-state index contributed by atoms with van der Waals surface area (Å²) < 4.78 is 5.87. The van der Waals surface area contributed by atoms with Crippen LogP contribution in [0.3, 0.4) is 0 Å². The summed E-state index contributed by atoms with van der Waals surface area (Å²) in [5, 5.41) is 22.2. The fourth-order valence-electron chi connectivity index (χ4n) is 3.11. The van der Waals surface area contributed by atoms with Gasteiger partial charge in [0.2, 0.25) is 0 Å². The van der Waals surface area contributed by atoms with E-state index in [0.717, 1.165) is 11.1 Å². The average molecular weight is 401 g/mol. The summed E-state index contributed by atoms with van der Waals surface area (Å²) in [5.74, 6) is -1.60. The summed E-state index contributed by atoms with van der Waals surface area (Å²) in [7, 11) is 0. The molecule has 2 aromatic rings. The zero-order chi connectivity index (χ0) is 16.8. The van der Waals surface area contributed by atoms with Gasteiger partial charge >= 0.3 is 0 Å². The van der Waals surface area contributed by atoms with E-state index < -0.39 is 10.7 Å². The number of benzene rings is 2. The molecule has 123 valence electrons. The van der Waals surface area contributed by atoms with E-state index in [0.29, 0.717) is 23.1 Å². The molecule has 0 aliphatic carbocycles. The Bertz CT molecular complexity index is 793. The number of fused-ring (bicyclic) bond motifs is 1. The second kappa shape index (κ2) is 7.00. The van der Waals surface area contributed by atoms with Crippen LogP contribution in [-0.2, 0) is 49.7 Å². The molecular weight excluding hydrogens is 383 g/mol. The summed E-state index contributed by atoms with van der Waals surface area (Å²) in [6.07, 6.45) is 0.527. The predicted octanol–water partition coefficient (Wildman–Crippen LogP) is 3.16. The zero-order valence-corrected chi connectivity index (χ0v) is 16.7. The monoisotopic (exact) mass is 401 g/mol. The van der Waals surface area contributed by atoms with Crippen LogP contribution in [0.4, 0.5) is 5.69 Å². The van der Waals surface area contributed by atoms with Gasteiger partial charge in [0, 0.05) is 49.9 Å².